The number of nitriles is 1. The number of benzene rings is 2. The van der Waals surface area contributed by atoms with Gasteiger partial charge in [-0.1, -0.05) is 12.1 Å². The van der Waals surface area contributed by atoms with Crippen LogP contribution >= 0.6 is 0 Å². The predicted octanol–water partition coefficient (Wildman–Crippen LogP) is 3.13. The first-order chi connectivity index (χ1) is 11.6. The molecule has 0 saturated carbocycles. The van der Waals surface area contributed by atoms with Crippen LogP contribution in [0.15, 0.2) is 30.3 Å². The Kier molecular flexibility index (Phi) is 4.00. The molecular formula is C18H18N4O2. The maximum Gasteiger partial charge on any atom is 0.163 e. The van der Waals surface area contributed by atoms with Gasteiger partial charge in [-0.05, 0) is 18.6 Å². The average molecular weight is 322 g/mol. The molecule has 6 nitrogen and oxygen atoms in total. The van der Waals surface area contributed by atoms with E-state index in [4.69, 9.17) is 15.2 Å². The van der Waals surface area contributed by atoms with Gasteiger partial charge in [-0.15, -0.1) is 0 Å². The Labute approximate surface area is 140 Å². The number of hydrogen-bond donors (Lipinski definition) is 1. The summed E-state index contributed by atoms with van der Waals surface area (Å²) >= 11 is 0. The summed E-state index contributed by atoms with van der Waals surface area (Å²) in [6.07, 6.45) is 0. The van der Waals surface area contributed by atoms with Crippen molar-refractivity contribution in [3.05, 3.63) is 35.9 Å². The summed E-state index contributed by atoms with van der Waals surface area (Å²) in [5.74, 6) is 1.88. The zero-order chi connectivity index (χ0) is 17.3. The minimum Gasteiger partial charge on any atom is -0.493 e. The van der Waals surface area contributed by atoms with Gasteiger partial charge in [0.15, 0.2) is 11.5 Å². The van der Waals surface area contributed by atoms with Crippen LogP contribution in [-0.4, -0.2) is 23.8 Å². The van der Waals surface area contributed by atoms with Crippen molar-refractivity contribution in [2.45, 2.75) is 13.5 Å². The van der Waals surface area contributed by atoms with E-state index in [2.05, 4.69) is 11.1 Å². The van der Waals surface area contributed by atoms with E-state index in [0.29, 0.717) is 23.0 Å². The molecule has 2 N–H and O–H groups in total. The lowest BCUT2D eigenvalue weighted by molar-refractivity contribution is 0.355. The quantitative estimate of drug-likeness (QED) is 0.746. The second kappa shape index (κ2) is 6.13. The molecule has 1 heterocycles. The summed E-state index contributed by atoms with van der Waals surface area (Å²) < 4.78 is 12.5. The molecule has 122 valence electrons. The number of hydrogen-bond acceptors (Lipinski definition) is 5. The summed E-state index contributed by atoms with van der Waals surface area (Å²) in [6, 6.07) is 11.6. The highest BCUT2D eigenvalue weighted by Crippen LogP contribution is 2.35. The maximum atomic E-state index is 9.22. The van der Waals surface area contributed by atoms with Gasteiger partial charge < -0.3 is 19.8 Å². The van der Waals surface area contributed by atoms with E-state index in [1.54, 1.807) is 14.2 Å². The highest BCUT2D eigenvalue weighted by molar-refractivity contribution is 5.84. The fraction of sp³-hybridized carbons (Fsp3) is 0.222. The molecule has 0 unspecified atom stereocenters. The fourth-order valence-electron chi connectivity index (χ4n) is 2.68. The van der Waals surface area contributed by atoms with Gasteiger partial charge in [0, 0.05) is 23.4 Å². The summed E-state index contributed by atoms with van der Waals surface area (Å²) in [5, 5.41) is 9.22. The number of aryl methyl sites for hydroxylation is 1. The van der Waals surface area contributed by atoms with Crippen LogP contribution in [0.2, 0.25) is 0 Å². The minimum atomic E-state index is 0.176. The highest BCUT2D eigenvalue weighted by Gasteiger charge is 2.16. The largest absolute Gasteiger partial charge is 0.493 e. The van der Waals surface area contributed by atoms with Crippen molar-refractivity contribution in [3.8, 4) is 29.0 Å². The molecule has 0 fully saturated rings. The Morgan fingerprint density at radius 2 is 1.88 bits per heavy atom. The minimum absolute atomic E-state index is 0.176. The normalized spacial score (nSPS) is 10.6. The molecule has 3 aromatic rings. The molecule has 0 aliphatic carbocycles. The standard InChI is InChI=1S/C18H18N4O2/c1-11-4-5-12(8-13(11)20)18-21-14-9-16(23-2)17(24-3)10-15(14)22(18)7-6-19/h4-5,8-10H,7,20H2,1-3H3. The molecule has 3 rings (SSSR count). The third-order valence-corrected chi connectivity index (χ3v) is 4.02. The van der Waals surface area contributed by atoms with Gasteiger partial charge in [0.25, 0.3) is 0 Å². The highest BCUT2D eigenvalue weighted by atomic mass is 16.5. The van der Waals surface area contributed by atoms with E-state index in [1.165, 1.54) is 0 Å². The van der Waals surface area contributed by atoms with Crippen molar-refractivity contribution >= 4 is 16.7 Å². The van der Waals surface area contributed by atoms with Crippen molar-refractivity contribution in [1.82, 2.24) is 9.55 Å². The summed E-state index contributed by atoms with van der Waals surface area (Å²) in [6.45, 7) is 2.13. The molecule has 2 aromatic carbocycles. The summed E-state index contributed by atoms with van der Waals surface area (Å²) in [7, 11) is 3.16. The molecule has 1 aromatic heterocycles. The summed E-state index contributed by atoms with van der Waals surface area (Å²) in [5.41, 5.74) is 10.1. The zero-order valence-corrected chi connectivity index (χ0v) is 13.8. The summed E-state index contributed by atoms with van der Waals surface area (Å²) in [4.78, 5) is 4.68. The van der Waals surface area contributed by atoms with Crippen LogP contribution in [0.4, 0.5) is 5.69 Å². The third-order valence-electron chi connectivity index (χ3n) is 4.02. The van der Waals surface area contributed by atoms with Gasteiger partial charge in [-0.3, -0.25) is 0 Å². The van der Waals surface area contributed by atoms with Gasteiger partial charge >= 0.3 is 0 Å². The Balaban J connectivity index is 2.29. The molecule has 0 atom stereocenters. The number of rotatable bonds is 4. The van der Waals surface area contributed by atoms with Crippen molar-refractivity contribution in [2.24, 2.45) is 0 Å². The van der Waals surface area contributed by atoms with Crippen molar-refractivity contribution < 1.29 is 9.47 Å². The van der Waals surface area contributed by atoms with Crippen molar-refractivity contribution in [3.63, 3.8) is 0 Å². The van der Waals surface area contributed by atoms with E-state index in [-0.39, 0.29) is 6.54 Å². The van der Waals surface area contributed by atoms with Crippen LogP contribution in [0.3, 0.4) is 0 Å². The molecular weight excluding hydrogens is 304 g/mol. The Hall–Kier alpha value is -3.20. The van der Waals surface area contributed by atoms with Gasteiger partial charge in [-0.25, -0.2) is 4.98 Å². The lowest BCUT2D eigenvalue weighted by Crippen LogP contribution is -2.00. The van der Waals surface area contributed by atoms with Crippen LogP contribution in [0, 0.1) is 18.3 Å². The molecule has 0 aliphatic heterocycles. The van der Waals surface area contributed by atoms with Crippen LogP contribution in [0.1, 0.15) is 5.56 Å². The molecule has 0 aliphatic rings. The second-order valence-corrected chi connectivity index (χ2v) is 5.45. The molecule has 0 spiro atoms. The third kappa shape index (κ3) is 2.50. The number of anilines is 1. The molecule has 6 heteroatoms. The van der Waals surface area contributed by atoms with Crippen LogP contribution in [0.5, 0.6) is 11.5 Å². The monoisotopic (exact) mass is 322 g/mol. The molecule has 24 heavy (non-hydrogen) atoms. The number of imidazole rings is 1. The smallest absolute Gasteiger partial charge is 0.163 e. The van der Waals surface area contributed by atoms with E-state index in [1.807, 2.05) is 41.8 Å². The van der Waals surface area contributed by atoms with Crippen LogP contribution < -0.4 is 15.2 Å². The number of nitrogens with two attached hydrogens (primary N) is 1. The molecule has 0 radical (unpaired) electrons. The molecule has 0 bridgehead atoms. The Morgan fingerprint density at radius 1 is 1.17 bits per heavy atom. The Bertz CT molecular complexity index is 954. The predicted molar refractivity (Wildman–Crippen MR) is 93.0 cm³/mol. The van der Waals surface area contributed by atoms with E-state index in [9.17, 15) is 5.26 Å². The lowest BCUT2D eigenvalue weighted by atomic mass is 10.1. The van der Waals surface area contributed by atoms with Crippen LogP contribution in [-0.2, 0) is 6.54 Å². The van der Waals surface area contributed by atoms with Gasteiger partial charge in [0.1, 0.15) is 12.4 Å². The maximum absolute atomic E-state index is 9.22. The van der Waals surface area contributed by atoms with Gasteiger partial charge in [0.2, 0.25) is 0 Å². The first-order valence-electron chi connectivity index (χ1n) is 7.44. The number of ether oxygens (including phenoxy) is 2. The molecule has 0 amide bonds. The fourth-order valence-corrected chi connectivity index (χ4v) is 2.68. The van der Waals surface area contributed by atoms with Crippen molar-refractivity contribution in [1.29, 1.82) is 5.26 Å². The topological polar surface area (TPSA) is 86.1 Å². The Morgan fingerprint density at radius 3 is 2.50 bits per heavy atom. The second-order valence-electron chi connectivity index (χ2n) is 5.45. The van der Waals surface area contributed by atoms with E-state index >= 15 is 0 Å². The number of nitrogens with zero attached hydrogens (tertiary/aromatic N) is 3. The zero-order valence-electron chi connectivity index (χ0n) is 13.8. The number of methoxy groups -OCH3 is 2. The molecule has 0 saturated heterocycles. The van der Waals surface area contributed by atoms with Gasteiger partial charge in [-0.2, -0.15) is 5.26 Å². The number of nitrogen functional groups attached to an aromatic ring is 1. The average Bonchev–Trinajstić information content (AvgIpc) is 2.94. The van der Waals surface area contributed by atoms with Crippen molar-refractivity contribution in [2.75, 3.05) is 20.0 Å². The van der Waals surface area contributed by atoms with Crippen LogP contribution in [0.25, 0.3) is 22.4 Å². The lowest BCUT2D eigenvalue weighted by Gasteiger charge is -2.09. The number of aromatic nitrogens is 2. The van der Waals surface area contributed by atoms with E-state index < -0.39 is 0 Å². The first kappa shape index (κ1) is 15.7. The van der Waals surface area contributed by atoms with E-state index in [0.717, 1.165) is 22.2 Å². The SMILES string of the molecule is COc1cc2nc(-c3ccc(C)c(N)c3)n(CC#N)c2cc1OC. The van der Waals surface area contributed by atoms with Gasteiger partial charge in [0.05, 0.1) is 31.3 Å². The number of fused-ring (bicyclic) bond motifs is 1. The first-order valence-corrected chi connectivity index (χ1v) is 7.44.